The number of rotatable bonds is 5. The number of hydrogen-bond donors (Lipinski definition) is 0. The number of benzene rings is 1. The van der Waals surface area contributed by atoms with E-state index in [-0.39, 0.29) is 6.10 Å². The van der Waals surface area contributed by atoms with E-state index in [1.54, 1.807) is 35.4 Å². The van der Waals surface area contributed by atoms with Crippen molar-refractivity contribution < 1.29 is 13.9 Å². The molecule has 0 saturated carbocycles. The van der Waals surface area contributed by atoms with Crippen LogP contribution in [0.25, 0.3) is 5.69 Å². The zero-order valence-electron chi connectivity index (χ0n) is 13.6. The molecule has 1 aliphatic rings. The number of carbonyl (C=O) groups excluding carboxylic acids is 1. The van der Waals surface area contributed by atoms with Gasteiger partial charge < -0.3 is 4.74 Å². The molecule has 4 rings (SSSR count). The van der Waals surface area contributed by atoms with Crippen molar-refractivity contribution in [2.24, 2.45) is 0 Å². The van der Waals surface area contributed by atoms with Gasteiger partial charge in [0.2, 0.25) is 0 Å². The van der Waals surface area contributed by atoms with Crippen LogP contribution in [0.4, 0.5) is 14.9 Å². The van der Waals surface area contributed by atoms with Gasteiger partial charge in [0.25, 0.3) is 0 Å². The molecule has 7 nitrogen and oxygen atoms in total. The van der Waals surface area contributed by atoms with Gasteiger partial charge in [-0.15, -0.1) is 0 Å². The number of nitrogens with zero attached hydrogens (tertiary/aromatic N) is 5. The lowest BCUT2D eigenvalue weighted by molar-refractivity contribution is 0.153. The highest BCUT2D eigenvalue weighted by atomic mass is 127. The number of alkyl halides is 1. The number of anilines is 1. The third kappa shape index (κ3) is 3.30. The molecule has 3 aromatic rings. The fraction of sp³-hybridized carbons (Fsp3) is 0.235. The molecular weight excluding hydrogens is 452 g/mol. The summed E-state index contributed by atoms with van der Waals surface area (Å²) in [6, 6.07) is 6.49. The van der Waals surface area contributed by atoms with Gasteiger partial charge in [0.1, 0.15) is 11.8 Å². The molecule has 1 aliphatic heterocycles. The Morgan fingerprint density at radius 1 is 1.35 bits per heavy atom. The van der Waals surface area contributed by atoms with Gasteiger partial charge in [-0.25, -0.2) is 13.9 Å². The van der Waals surface area contributed by atoms with Crippen molar-refractivity contribution in [1.82, 2.24) is 19.6 Å². The van der Waals surface area contributed by atoms with E-state index in [0.717, 1.165) is 5.56 Å². The van der Waals surface area contributed by atoms with E-state index in [9.17, 15) is 9.18 Å². The molecule has 0 aliphatic carbocycles. The van der Waals surface area contributed by atoms with Crippen LogP contribution in [0.15, 0.2) is 49.1 Å². The second-order valence-corrected chi connectivity index (χ2v) is 6.78. The lowest BCUT2D eigenvalue weighted by Gasteiger charge is -2.14. The number of carbonyl (C=O) groups is 1. The standard InChI is InChI=1S/C17H15FIN5O2/c18-15-6-13(23-11-14(7-19)26-17(23)25)2-3-16(15)24-10-12(8-21-24)9-22-5-1-4-20-22/h1-6,8,10,14H,7,9,11H2/t14-/m0/s1. The highest BCUT2D eigenvalue weighted by Gasteiger charge is 2.31. The van der Waals surface area contributed by atoms with Gasteiger partial charge in [0.15, 0.2) is 5.82 Å². The summed E-state index contributed by atoms with van der Waals surface area (Å²) in [5.74, 6) is -0.457. The molecular formula is C17H15FIN5O2. The Hall–Kier alpha value is -2.43. The van der Waals surface area contributed by atoms with Crippen LogP contribution in [0.1, 0.15) is 5.56 Å². The van der Waals surface area contributed by atoms with Crippen LogP contribution >= 0.6 is 22.6 Å². The van der Waals surface area contributed by atoms with E-state index in [2.05, 4.69) is 32.8 Å². The molecule has 1 fully saturated rings. The highest BCUT2D eigenvalue weighted by molar-refractivity contribution is 14.1. The minimum atomic E-state index is -0.457. The molecule has 1 saturated heterocycles. The first-order valence-electron chi connectivity index (χ1n) is 7.99. The molecule has 0 N–H and O–H groups in total. The fourth-order valence-electron chi connectivity index (χ4n) is 2.82. The molecule has 3 heterocycles. The van der Waals surface area contributed by atoms with Crippen LogP contribution in [0.5, 0.6) is 0 Å². The minimum Gasteiger partial charge on any atom is -0.443 e. The van der Waals surface area contributed by atoms with Crippen molar-refractivity contribution in [3.05, 3.63) is 60.4 Å². The van der Waals surface area contributed by atoms with Crippen LogP contribution in [0, 0.1) is 5.82 Å². The molecule has 9 heteroatoms. The van der Waals surface area contributed by atoms with E-state index in [0.29, 0.717) is 28.9 Å². The van der Waals surface area contributed by atoms with Gasteiger partial charge in [0.05, 0.1) is 25.0 Å². The Morgan fingerprint density at radius 3 is 2.92 bits per heavy atom. The average Bonchev–Trinajstić information content (AvgIpc) is 3.36. The van der Waals surface area contributed by atoms with E-state index in [1.165, 1.54) is 15.6 Å². The van der Waals surface area contributed by atoms with Gasteiger partial charge in [-0.1, -0.05) is 22.6 Å². The monoisotopic (exact) mass is 467 g/mol. The number of amides is 1. The number of hydrogen-bond acceptors (Lipinski definition) is 4. The maximum atomic E-state index is 14.6. The summed E-state index contributed by atoms with van der Waals surface area (Å²) in [5.41, 5.74) is 1.70. The molecule has 26 heavy (non-hydrogen) atoms. The average molecular weight is 467 g/mol. The van der Waals surface area contributed by atoms with Crippen molar-refractivity contribution in [2.45, 2.75) is 12.6 Å². The fourth-order valence-corrected chi connectivity index (χ4v) is 3.28. The summed E-state index contributed by atoms with van der Waals surface area (Å²) in [5, 5.41) is 8.37. The zero-order chi connectivity index (χ0) is 18.1. The minimum absolute atomic E-state index is 0.165. The van der Waals surface area contributed by atoms with Crippen molar-refractivity contribution in [1.29, 1.82) is 0 Å². The summed E-state index contributed by atoms with van der Waals surface area (Å²) in [7, 11) is 0. The number of halogens is 2. The Labute approximate surface area is 162 Å². The third-order valence-electron chi connectivity index (χ3n) is 4.08. The van der Waals surface area contributed by atoms with Crippen LogP contribution in [-0.4, -0.2) is 42.7 Å². The Kier molecular flexibility index (Phi) is 4.62. The van der Waals surface area contributed by atoms with Crippen LogP contribution in [-0.2, 0) is 11.3 Å². The molecule has 0 radical (unpaired) electrons. The summed E-state index contributed by atoms with van der Waals surface area (Å²) >= 11 is 2.16. The topological polar surface area (TPSA) is 65.2 Å². The summed E-state index contributed by atoms with van der Waals surface area (Å²) < 4.78 is 23.8. The lowest BCUT2D eigenvalue weighted by Crippen LogP contribution is -2.25. The molecule has 1 amide bonds. The first-order chi connectivity index (χ1) is 12.6. The molecule has 1 aromatic carbocycles. The zero-order valence-corrected chi connectivity index (χ0v) is 15.8. The Balaban J connectivity index is 1.55. The van der Waals surface area contributed by atoms with Gasteiger partial charge in [-0.3, -0.25) is 9.58 Å². The normalized spacial score (nSPS) is 16.9. The van der Waals surface area contributed by atoms with Gasteiger partial charge in [-0.2, -0.15) is 10.2 Å². The Bertz CT molecular complexity index is 927. The SMILES string of the molecule is O=C1O[C@@H](CI)CN1c1ccc(-n2cc(Cn3cccn3)cn2)c(F)c1. The van der Waals surface area contributed by atoms with E-state index in [1.807, 2.05) is 12.3 Å². The third-order valence-corrected chi connectivity index (χ3v) is 5.06. The largest absolute Gasteiger partial charge is 0.443 e. The second-order valence-electron chi connectivity index (χ2n) is 5.90. The molecule has 2 aromatic heterocycles. The summed E-state index contributed by atoms with van der Waals surface area (Å²) in [6.07, 6.45) is 6.38. The van der Waals surface area contributed by atoms with Gasteiger partial charge in [0, 0.05) is 28.6 Å². The van der Waals surface area contributed by atoms with E-state index < -0.39 is 11.9 Å². The van der Waals surface area contributed by atoms with Crippen molar-refractivity contribution in [3.63, 3.8) is 0 Å². The lowest BCUT2D eigenvalue weighted by atomic mass is 10.2. The predicted octanol–water partition coefficient (Wildman–Crippen LogP) is 3.02. The van der Waals surface area contributed by atoms with Gasteiger partial charge >= 0.3 is 6.09 Å². The van der Waals surface area contributed by atoms with Crippen molar-refractivity contribution >= 4 is 34.4 Å². The van der Waals surface area contributed by atoms with Crippen molar-refractivity contribution in [2.75, 3.05) is 15.9 Å². The first-order valence-corrected chi connectivity index (χ1v) is 9.51. The summed E-state index contributed by atoms with van der Waals surface area (Å²) in [6.45, 7) is 0.986. The van der Waals surface area contributed by atoms with Crippen LogP contribution in [0.2, 0.25) is 0 Å². The Morgan fingerprint density at radius 2 is 2.23 bits per heavy atom. The number of ether oxygens (including phenoxy) is 1. The highest BCUT2D eigenvalue weighted by Crippen LogP contribution is 2.26. The van der Waals surface area contributed by atoms with Gasteiger partial charge in [-0.05, 0) is 24.3 Å². The molecule has 134 valence electrons. The maximum Gasteiger partial charge on any atom is 0.414 e. The number of cyclic esters (lactones) is 1. The maximum absolute atomic E-state index is 14.6. The van der Waals surface area contributed by atoms with Crippen LogP contribution in [0.3, 0.4) is 0 Å². The molecule has 0 bridgehead atoms. The molecule has 0 spiro atoms. The first kappa shape index (κ1) is 17.0. The van der Waals surface area contributed by atoms with E-state index in [4.69, 9.17) is 4.74 Å². The van der Waals surface area contributed by atoms with Crippen LogP contribution < -0.4 is 4.90 Å². The van der Waals surface area contributed by atoms with Crippen molar-refractivity contribution in [3.8, 4) is 5.69 Å². The number of aromatic nitrogens is 4. The predicted molar refractivity (Wildman–Crippen MR) is 101 cm³/mol. The molecule has 0 unspecified atom stereocenters. The quantitative estimate of drug-likeness (QED) is 0.428. The smallest absolute Gasteiger partial charge is 0.414 e. The molecule has 1 atom stereocenters. The summed E-state index contributed by atoms with van der Waals surface area (Å²) in [4.78, 5) is 13.4. The second kappa shape index (κ2) is 7.06. The van der Waals surface area contributed by atoms with E-state index >= 15 is 0 Å².